The van der Waals surface area contributed by atoms with Crippen LogP contribution < -0.4 is 5.32 Å². The number of carbonyl (C=O) groups is 1. The number of allylic oxidation sites excluding steroid dienone is 1. The van der Waals surface area contributed by atoms with Gasteiger partial charge in [0, 0.05) is 5.69 Å². The van der Waals surface area contributed by atoms with Gasteiger partial charge in [-0.25, -0.2) is 4.79 Å². The third kappa shape index (κ3) is 5.04. The first-order valence-electron chi connectivity index (χ1n) is 6.16. The highest BCUT2D eigenvalue weighted by atomic mass is 16.6. The molecule has 1 N–H and O–H groups in total. The molecule has 0 saturated carbocycles. The lowest BCUT2D eigenvalue weighted by Crippen LogP contribution is -2.25. The summed E-state index contributed by atoms with van der Waals surface area (Å²) in [4.78, 5) is 11.7. The molecule has 18 heavy (non-hydrogen) atoms. The molecule has 1 aromatic rings. The quantitative estimate of drug-likeness (QED) is 0.809. The molecule has 3 nitrogen and oxygen atoms in total. The number of benzene rings is 1. The molecule has 1 unspecified atom stereocenters. The number of anilines is 1. The Morgan fingerprint density at radius 2 is 1.83 bits per heavy atom. The maximum atomic E-state index is 11.7. The molecule has 1 atom stereocenters. The first-order valence-corrected chi connectivity index (χ1v) is 6.16. The first kappa shape index (κ1) is 14.3. The van der Waals surface area contributed by atoms with Crippen LogP contribution in [0.1, 0.15) is 27.7 Å². The van der Waals surface area contributed by atoms with Crippen LogP contribution in [0.15, 0.2) is 42.0 Å². The van der Waals surface area contributed by atoms with Crippen LogP contribution in [0, 0.1) is 5.92 Å². The Bertz CT molecular complexity index is 406. The lowest BCUT2D eigenvalue weighted by molar-refractivity contribution is 0.110. The summed E-state index contributed by atoms with van der Waals surface area (Å²) >= 11 is 0. The fourth-order valence-electron chi connectivity index (χ4n) is 1.48. The molecule has 0 aliphatic rings. The summed E-state index contributed by atoms with van der Waals surface area (Å²) in [6, 6.07) is 9.28. The largest absolute Gasteiger partial charge is 0.441 e. The Hall–Kier alpha value is -1.77. The van der Waals surface area contributed by atoms with Gasteiger partial charge in [0.15, 0.2) is 0 Å². The summed E-state index contributed by atoms with van der Waals surface area (Å²) in [5.74, 6) is 0.251. The van der Waals surface area contributed by atoms with Crippen LogP contribution in [-0.4, -0.2) is 12.2 Å². The average molecular weight is 247 g/mol. The zero-order valence-corrected chi connectivity index (χ0v) is 11.4. The van der Waals surface area contributed by atoms with E-state index in [2.05, 4.69) is 5.32 Å². The second kappa shape index (κ2) is 6.84. The van der Waals surface area contributed by atoms with E-state index in [-0.39, 0.29) is 12.0 Å². The maximum Gasteiger partial charge on any atom is 0.412 e. The van der Waals surface area contributed by atoms with Crippen molar-refractivity contribution in [2.45, 2.75) is 33.8 Å². The Balaban J connectivity index is 2.60. The molecule has 1 rings (SSSR count). The Morgan fingerprint density at radius 3 is 2.33 bits per heavy atom. The monoisotopic (exact) mass is 247 g/mol. The molecule has 0 saturated heterocycles. The van der Waals surface area contributed by atoms with Gasteiger partial charge < -0.3 is 4.74 Å². The highest BCUT2D eigenvalue weighted by Crippen LogP contribution is 2.13. The summed E-state index contributed by atoms with van der Waals surface area (Å²) in [5, 5.41) is 2.71. The van der Waals surface area contributed by atoms with Crippen LogP contribution in [0.2, 0.25) is 0 Å². The van der Waals surface area contributed by atoms with Gasteiger partial charge in [0.25, 0.3) is 0 Å². The SMILES string of the molecule is CC(C)=CC(OC(=O)Nc1ccccc1)C(C)C. The van der Waals surface area contributed by atoms with Gasteiger partial charge in [0.1, 0.15) is 6.10 Å². The van der Waals surface area contributed by atoms with Crippen LogP contribution in [0.25, 0.3) is 0 Å². The zero-order chi connectivity index (χ0) is 13.5. The summed E-state index contributed by atoms with van der Waals surface area (Å²) < 4.78 is 5.40. The van der Waals surface area contributed by atoms with E-state index in [1.165, 1.54) is 0 Å². The minimum Gasteiger partial charge on any atom is -0.441 e. The lowest BCUT2D eigenvalue weighted by Gasteiger charge is -2.19. The van der Waals surface area contributed by atoms with Crippen molar-refractivity contribution in [2.75, 3.05) is 5.32 Å². The normalized spacial score (nSPS) is 11.8. The van der Waals surface area contributed by atoms with Gasteiger partial charge in [-0.05, 0) is 38.0 Å². The van der Waals surface area contributed by atoms with Gasteiger partial charge in [-0.3, -0.25) is 5.32 Å². The predicted octanol–water partition coefficient (Wildman–Crippen LogP) is 4.23. The second-order valence-corrected chi connectivity index (χ2v) is 4.85. The summed E-state index contributed by atoms with van der Waals surface area (Å²) in [7, 11) is 0. The summed E-state index contributed by atoms with van der Waals surface area (Å²) in [6.45, 7) is 8.04. The van der Waals surface area contributed by atoms with Crippen molar-refractivity contribution < 1.29 is 9.53 Å². The molecule has 0 radical (unpaired) electrons. The molecule has 0 aliphatic heterocycles. The fraction of sp³-hybridized carbons (Fsp3) is 0.400. The molecule has 1 amide bonds. The molecular weight excluding hydrogens is 226 g/mol. The average Bonchev–Trinajstić information content (AvgIpc) is 2.28. The van der Waals surface area contributed by atoms with Gasteiger partial charge in [0.05, 0.1) is 0 Å². The van der Waals surface area contributed by atoms with E-state index in [4.69, 9.17) is 4.74 Å². The van der Waals surface area contributed by atoms with E-state index in [1.54, 1.807) is 0 Å². The number of para-hydroxylation sites is 1. The van der Waals surface area contributed by atoms with Crippen molar-refractivity contribution in [1.82, 2.24) is 0 Å². The second-order valence-electron chi connectivity index (χ2n) is 4.85. The third-order valence-corrected chi connectivity index (χ3v) is 2.42. The molecule has 0 fully saturated rings. The van der Waals surface area contributed by atoms with Crippen molar-refractivity contribution in [3.8, 4) is 0 Å². The summed E-state index contributed by atoms with van der Waals surface area (Å²) in [6.07, 6.45) is 1.35. The van der Waals surface area contributed by atoms with Crippen molar-refractivity contribution in [3.05, 3.63) is 42.0 Å². The smallest absolute Gasteiger partial charge is 0.412 e. The number of ether oxygens (including phenoxy) is 1. The molecule has 3 heteroatoms. The lowest BCUT2D eigenvalue weighted by atomic mass is 10.1. The van der Waals surface area contributed by atoms with Crippen molar-refractivity contribution in [1.29, 1.82) is 0 Å². The van der Waals surface area contributed by atoms with Crippen LogP contribution >= 0.6 is 0 Å². The number of nitrogens with one attached hydrogen (secondary N) is 1. The Morgan fingerprint density at radius 1 is 1.22 bits per heavy atom. The highest BCUT2D eigenvalue weighted by molar-refractivity contribution is 5.84. The van der Waals surface area contributed by atoms with Gasteiger partial charge in [-0.2, -0.15) is 0 Å². The van der Waals surface area contributed by atoms with E-state index >= 15 is 0 Å². The highest BCUT2D eigenvalue weighted by Gasteiger charge is 2.15. The maximum absolute atomic E-state index is 11.7. The number of rotatable bonds is 4. The van der Waals surface area contributed by atoms with E-state index < -0.39 is 6.09 Å². The van der Waals surface area contributed by atoms with Crippen LogP contribution in [0.3, 0.4) is 0 Å². The predicted molar refractivity (Wildman–Crippen MR) is 74.6 cm³/mol. The van der Waals surface area contributed by atoms with Gasteiger partial charge >= 0.3 is 6.09 Å². The third-order valence-electron chi connectivity index (χ3n) is 2.42. The molecule has 0 spiro atoms. The summed E-state index contributed by atoms with van der Waals surface area (Å²) in [5.41, 5.74) is 1.88. The van der Waals surface area contributed by atoms with Gasteiger partial charge in [-0.1, -0.05) is 37.6 Å². The van der Waals surface area contributed by atoms with E-state index in [1.807, 2.05) is 64.1 Å². The van der Waals surface area contributed by atoms with Crippen LogP contribution in [0.4, 0.5) is 10.5 Å². The standard InChI is InChI=1S/C15H21NO2/c1-11(2)10-14(12(3)4)18-15(17)16-13-8-6-5-7-9-13/h5-10,12,14H,1-4H3,(H,16,17). The van der Waals surface area contributed by atoms with Crippen molar-refractivity contribution in [3.63, 3.8) is 0 Å². The minimum atomic E-state index is -0.419. The number of carbonyl (C=O) groups excluding carboxylic acids is 1. The topological polar surface area (TPSA) is 38.3 Å². The van der Waals surface area contributed by atoms with Gasteiger partial charge in [0.2, 0.25) is 0 Å². The molecule has 0 heterocycles. The number of hydrogen-bond donors (Lipinski definition) is 1. The van der Waals surface area contributed by atoms with Crippen LogP contribution in [-0.2, 0) is 4.74 Å². The van der Waals surface area contributed by atoms with Crippen molar-refractivity contribution in [2.24, 2.45) is 5.92 Å². The van der Waals surface area contributed by atoms with Crippen LogP contribution in [0.5, 0.6) is 0 Å². The molecule has 0 aromatic heterocycles. The van der Waals surface area contributed by atoms with E-state index in [9.17, 15) is 4.79 Å². The Kier molecular flexibility index (Phi) is 5.43. The minimum absolute atomic E-state index is 0.196. The molecule has 98 valence electrons. The first-order chi connectivity index (χ1) is 8.49. The molecule has 0 bridgehead atoms. The molecule has 1 aromatic carbocycles. The number of hydrogen-bond acceptors (Lipinski definition) is 2. The van der Waals surface area contributed by atoms with Crippen molar-refractivity contribution >= 4 is 11.8 Å². The molecular formula is C15H21NO2. The Labute approximate surface area is 109 Å². The fourth-order valence-corrected chi connectivity index (χ4v) is 1.48. The van der Waals surface area contributed by atoms with Gasteiger partial charge in [-0.15, -0.1) is 0 Å². The van der Waals surface area contributed by atoms with E-state index in [0.29, 0.717) is 0 Å². The van der Waals surface area contributed by atoms with E-state index in [0.717, 1.165) is 11.3 Å². The molecule has 0 aliphatic carbocycles. The number of amides is 1. The zero-order valence-electron chi connectivity index (χ0n) is 11.4.